The summed E-state index contributed by atoms with van der Waals surface area (Å²) in [4.78, 5) is 20.5. The van der Waals surface area contributed by atoms with Crippen LogP contribution in [0.4, 0.5) is 5.69 Å². The Morgan fingerprint density at radius 2 is 1.88 bits per heavy atom. The number of halogens is 1. The Morgan fingerprint density at radius 1 is 1.08 bits per heavy atom. The zero-order valence-corrected chi connectivity index (χ0v) is 13.6. The molecular formula is C18H14ClN3O2. The van der Waals surface area contributed by atoms with Crippen LogP contribution in [0.15, 0.2) is 60.9 Å². The number of amides is 1. The quantitative estimate of drug-likeness (QED) is 0.761. The van der Waals surface area contributed by atoms with Gasteiger partial charge in [0.1, 0.15) is 0 Å². The number of ether oxygens (including phenoxy) is 1. The van der Waals surface area contributed by atoms with Crippen LogP contribution in [0.25, 0.3) is 0 Å². The highest BCUT2D eigenvalue weighted by Gasteiger charge is 2.07. The molecule has 0 bridgehead atoms. The molecule has 0 saturated heterocycles. The molecule has 0 aliphatic rings. The van der Waals surface area contributed by atoms with Crippen LogP contribution in [0.3, 0.4) is 0 Å². The monoisotopic (exact) mass is 339 g/mol. The van der Waals surface area contributed by atoms with Crippen molar-refractivity contribution in [2.24, 2.45) is 0 Å². The van der Waals surface area contributed by atoms with E-state index in [0.717, 1.165) is 5.69 Å². The summed E-state index contributed by atoms with van der Waals surface area (Å²) in [6.45, 7) is 1.86. The van der Waals surface area contributed by atoms with Crippen LogP contribution in [0.5, 0.6) is 11.6 Å². The van der Waals surface area contributed by atoms with Crippen molar-refractivity contribution < 1.29 is 9.53 Å². The van der Waals surface area contributed by atoms with Gasteiger partial charge in [-0.15, -0.1) is 0 Å². The second kappa shape index (κ2) is 7.10. The zero-order valence-electron chi connectivity index (χ0n) is 12.9. The Bertz CT molecular complexity index is 849. The fraction of sp³-hybridized carbons (Fsp3) is 0.0556. The number of carbonyl (C=O) groups excluding carboxylic acids is 1. The minimum Gasteiger partial charge on any atom is -0.437 e. The average Bonchev–Trinajstić information content (AvgIpc) is 2.59. The lowest BCUT2D eigenvalue weighted by atomic mass is 10.2. The van der Waals surface area contributed by atoms with Gasteiger partial charge in [-0.2, -0.15) is 0 Å². The molecule has 1 amide bonds. The molecule has 0 aliphatic heterocycles. The number of anilines is 1. The molecule has 6 heteroatoms. The van der Waals surface area contributed by atoms with E-state index in [1.54, 1.807) is 48.7 Å². The van der Waals surface area contributed by atoms with Crippen LogP contribution < -0.4 is 10.1 Å². The highest BCUT2D eigenvalue weighted by Crippen LogP contribution is 2.22. The second-order valence-corrected chi connectivity index (χ2v) is 5.47. The number of rotatable bonds is 4. The first kappa shape index (κ1) is 16.0. The van der Waals surface area contributed by atoms with E-state index in [1.165, 1.54) is 6.20 Å². The van der Waals surface area contributed by atoms with E-state index in [2.05, 4.69) is 15.3 Å². The number of aryl methyl sites for hydroxylation is 1. The summed E-state index contributed by atoms with van der Waals surface area (Å²) in [5.74, 6) is 0.837. The molecule has 1 aromatic carbocycles. The number of nitrogens with one attached hydrogen (secondary N) is 1. The summed E-state index contributed by atoms with van der Waals surface area (Å²) >= 11 is 5.81. The van der Waals surface area contributed by atoms with Gasteiger partial charge in [0.05, 0.1) is 17.6 Å². The topological polar surface area (TPSA) is 64.1 Å². The lowest BCUT2D eigenvalue weighted by molar-refractivity contribution is 0.102. The third-order valence-corrected chi connectivity index (χ3v) is 3.53. The van der Waals surface area contributed by atoms with Gasteiger partial charge >= 0.3 is 0 Å². The third-order valence-electron chi connectivity index (χ3n) is 3.27. The number of carbonyl (C=O) groups is 1. The minimum atomic E-state index is -0.231. The van der Waals surface area contributed by atoms with Crippen LogP contribution in [0.1, 0.15) is 16.1 Å². The second-order valence-electron chi connectivity index (χ2n) is 5.04. The number of nitrogens with zero attached hydrogens (tertiary/aromatic N) is 2. The fourth-order valence-electron chi connectivity index (χ4n) is 2.01. The van der Waals surface area contributed by atoms with Gasteiger partial charge in [-0.1, -0.05) is 11.6 Å². The van der Waals surface area contributed by atoms with Crippen LogP contribution in [0, 0.1) is 6.92 Å². The number of benzene rings is 1. The summed E-state index contributed by atoms with van der Waals surface area (Å²) in [7, 11) is 0. The maximum Gasteiger partial charge on any atom is 0.255 e. The van der Waals surface area contributed by atoms with Gasteiger partial charge in [-0.3, -0.25) is 9.78 Å². The molecule has 0 saturated carbocycles. The molecule has 3 rings (SSSR count). The van der Waals surface area contributed by atoms with Crippen molar-refractivity contribution in [3.63, 3.8) is 0 Å². The van der Waals surface area contributed by atoms with Crippen LogP contribution in [-0.2, 0) is 0 Å². The predicted octanol–water partition coefficient (Wildman–Crippen LogP) is 4.48. The molecule has 1 N–H and O–H groups in total. The summed E-state index contributed by atoms with van der Waals surface area (Å²) in [6.07, 6.45) is 3.24. The van der Waals surface area contributed by atoms with E-state index >= 15 is 0 Å². The smallest absolute Gasteiger partial charge is 0.255 e. The Hall–Kier alpha value is -2.92. The lowest BCUT2D eigenvalue weighted by Gasteiger charge is -2.08. The largest absolute Gasteiger partial charge is 0.437 e. The van der Waals surface area contributed by atoms with Gasteiger partial charge in [-0.05, 0) is 49.4 Å². The van der Waals surface area contributed by atoms with Crippen molar-refractivity contribution in [3.8, 4) is 11.6 Å². The summed E-state index contributed by atoms with van der Waals surface area (Å²) in [5.41, 5.74) is 1.87. The van der Waals surface area contributed by atoms with Gasteiger partial charge in [-0.25, -0.2) is 4.98 Å². The molecule has 0 fully saturated rings. The van der Waals surface area contributed by atoms with Crippen molar-refractivity contribution in [3.05, 3.63) is 77.2 Å². The van der Waals surface area contributed by atoms with Crippen molar-refractivity contribution in [1.29, 1.82) is 0 Å². The molecule has 24 heavy (non-hydrogen) atoms. The highest BCUT2D eigenvalue weighted by molar-refractivity contribution is 6.30. The summed E-state index contributed by atoms with van der Waals surface area (Å²) in [5, 5.41) is 3.35. The van der Waals surface area contributed by atoms with Crippen molar-refractivity contribution >= 4 is 23.2 Å². The van der Waals surface area contributed by atoms with Crippen LogP contribution >= 0.6 is 11.6 Å². The highest BCUT2D eigenvalue weighted by atomic mass is 35.5. The van der Waals surface area contributed by atoms with Crippen molar-refractivity contribution in [1.82, 2.24) is 9.97 Å². The third kappa shape index (κ3) is 3.88. The normalized spacial score (nSPS) is 10.2. The zero-order chi connectivity index (χ0) is 16.9. The molecule has 120 valence electrons. The Kier molecular flexibility index (Phi) is 4.72. The van der Waals surface area contributed by atoms with E-state index in [1.807, 2.05) is 13.0 Å². The van der Waals surface area contributed by atoms with E-state index < -0.39 is 0 Å². The lowest BCUT2D eigenvalue weighted by Crippen LogP contribution is -2.11. The first-order chi connectivity index (χ1) is 11.6. The SMILES string of the molecule is Cc1ncccc1Oc1ccc(NC(=O)c2ccc(Cl)cc2)cn1. The van der Waals surface area contributed by atoms with Gasteiger partial charge in [0.15, 0.2) is 5.75 Å². The molecule has 2 heterocycles. The first-order valence-corrected chi connectivity index (χ1v) is 7.62. The minimum absolute atomic E-state index is 0.231. The molecule has 0 atom stereocenters. The first-order valence-electron chi connectivity index (χ1n) is 7.24. The van der Waals surface area contributed by atoms with Gasteiger partial charge < -0.3 is 10.1 Å². The maximum absolute atomic E-state index is 12.1. The van der Waals surface area contributed by atoms with Crippen molar-refractivity contribution in [2.75, 3.05) is 5.32 Å². The van der Waals surface area contributed by atoms with E-state index in [9.17, 15) is 4.79 Å². The predicted molar refractivity (Wildman–Crippen MR) is 92.7 cm³/mol. The van der Waals surface area contributed by atoms with E-state index in [-0.39, 0.29) is 5.91 Å². The Labute approximate surface area is 144 Å². The maximum atomic E-state index is 12.1. The molecule has 5 nitrogen and oxygen atoms in total. The number of pyridine rings is 2. The number of hydrogen-bond acceptors (Lipinski definition) is 4. The molecule has 0 aliphatic carbocycles. The number of aromatic nitrogens is 2. The number of hydrogen-bond donors (Lipinski definition) is 1. The van der Waals surface area contributed by atoms with Gasteiger partial charge in [0.2, 0.25) is 5.88 Å². The van der Waals surface area contributed by atoms with Gasteiger partial charge in [0.25, 0.3) is 5.91 Å². The summed E-state index contributed by atoms with van der Waals surface area (Å²) in [6, 6.07) is 13.7. The van der Waals surface area contributed by atoms with E-state index in [4.69, 9.17) is 16.3 Å². The molecule has 0 radical (unpaired) electrons. The molecule has 2 aromatic heterocycles. The molecule has 0 unspecified atom stereocenters. The standard InChI is InChI=1S/C18H14ClN3O2/c1-12-16(3-2-10-20-12)24-17-9-8-15(11-21-17)22-18(23)13-4-6-14(19)7-5-13/h2-11H,1H3,(H,22,23). The van der Waals surface area contributed by atoms with Gasteiger partial charge in [0, 0.05) is 22.8 Å². The molecule has 3 aromatic rings. The van der Waals surface area contributed by atoms with Crippen LogP contribution in [0.2, 0.25) is 5.02 Å². The average molecular weight is 340 g/mol. The van der Waals surface area contributed by atoms with Crippen LogP contribution in [-0.4, -0.2) is 15.9 Å². The van der Waals surface area contributed by atoms with Crippen molar-refractivity contribution in [2.45, 2.75) is 6.92 Å². The fourth-order valence-corrected chi connectivity index (χ4v) is 2.14. The molecule has 0 spiro atoms. The molecular weight excluding hydrogens is 326 g/mol. The van der Waals surface area contributed by atoms with E-state index in [0.29, 0.717) is 27.9 Å². The Morgan fingerprint density at radius 3 is 2.54 bits per heavy atom. The summed E-state index contributed by atoms with van der Waals surface area (Å²) < 4.78 is 5.67. The Balaban J connectivity index is 1.67.